The van der Waals surface area contributed by atoms with Crippen LogP contribution in [0.5, 0.6) is 0 Å². The molecule has 126 valence electrons. The Morgan fingerprint density at radius 3 is 2.78 bits per heavy atom. The van der Waals surface area contributed by atoms with Crippen molar-refractivity contribution < 1.29 is 4.79 Å². The Morgan fingerprint density at radius 1 is 1.30 bits per heavy atom. The van der Waals surface area contributed by atoms with E-state index in [4.69, 9.17) is 0 Å². The number of benzene rings is 1. The summed E-state index contributed by atoms with van der Waals surface area (Å²) in [5.41, 5.74) is 1.33. The zero-order valence-electron chi connectivity index (χ0n) is 13.7. The smallest absolute Gasteiger partial charge is 0.236 e. The van der Waals surface area contributed by atoms with Crippen molar-refractivity contribution in [1.29, 1.82) is 0 Å². The molecular weight excluding hydrogens is 372 g/mol. The quantitative estimate of drug-likeness (QED) is 0.829. The van der Waals surface area contributed by atoms with Crippen molar-refractivity contribution in [2.75, 3.05) is 25.4 Å². The van der Waals surface area contributed by atoms with Crippen molar-refractivity contribution in [3.63, 3.8) is 0 Å². The van der Waals surface area contributed by atoms with Crippen molar-refractivity contribution in [3.8, 4) is 0 Å². The van der Waals surface area contributed by atoms with Gasteiger partial charge in [0.15, 0.2) is 0 Å². The van der Waals surface area contributed by atoms with Crippen LogP contribution in [-0.2, 0) is 4.79 Å². The average molecular weight is 397 g/mol. The number of likely N-dealkylation sites (tertiary alicyclic amines) is 1. The third-order valence-electron chi connectivity index (χ3n) is 4.81. The molecule has 2 atom stereocenters. The van der Waals surface area contributed by atoms with Crippen molar-refractivity contribution in [3.05, 3.63) is 28.2 Å². The maximum absolute atomic E-state index is 12.5. The number of fused-ring (bicyclic) bond motifs is 1. The fourth-order valence-corrected chi connectivity index (χ4v) is 4.99. The van der Waals surface area contributed by atoms with E-state index in [1.54, 1.807) is 0 Å². The Labute approximate surface area is 151 Å². The predicted molar refractivity (Wildman–Crippen MR) is 99.8 cm³/mol. The third-order valence-corrected chi connectivity index (χ3v) is 6.68. The molecule has 3 nitrogen and oxygen atoms in total. The molecule has 2 unspecified atom stereocenters. The molecule has 1 fully saturated rings. The second-order valence-electron chi connectivity index (χ2n) is 6.62. The molecule has 5 heteroatoms. The van der Waals surface area contributed by atoms with Crippen LogP contribution in [0.25, 0.3) is 0 Å². The van der Waals surface area contributed by atoms with E-state index in [1.807, 2.05) is 16.7 Å². The summed E-state index contributed by atoms with van der Waals surface area (Å²) in [6, 6.07) is 6.74. The highest BCUT2D eigenvalue weighted by Crippen LogP contribution is 2.40. The Balaban J connectivity index is 1.65. The molecule has 1 N–H and O–H groups in total. The number of nitrogens with one attached hydrogen (secondary N) is 1. The summed E-state index contributed by atoms with van der Waals surface area (Å²) in [4.78, 5) is 15.9. The summed E-state index contributed by atoms with van der Waals surface area (Å²) in [5, 5.41) is 3.55. The van der Waals surface area contributed by atoms with Crippen molar-refractivity contribution in [2.24, 2.45) is 5.92 Å². The Kier molecular flexibility index (Phi) is 6.05. The number of thioether (sulfide) groups is 1. The molecule has 1 amide bonds. The molecule has 1 aromatic rings. The van der Waals surface area contributed by atoms with Gasteiger partial charge in [-0.15, -0.1) is 11.8 Å². The van der Waals surface area contributed by atoms with Gasteiger partial charge in [-0.2, -0.15) is 0 Å². The van der Waals surface area contributed by atoms with Crippen LogP contribution in [0.2, 0.25) is 0 Å². The van der Waals surface area contributed by atoms with E-state index >= 15 is 0 Å². The summed E-state index contributed by atoms with van der Waals surface area (Å²) in [6.45, 7) is 4.58. The van der Waals surface area contributed by atoms with Gasteiger partial charge in [-0.3, -0.25) is 4.79 Å². The van der Waals surface area contributed by atoms with Crippen LogP contribution < -0.4 is 5.32 Å². The van der Waals surface area contributed by atoms with E-state index in [0.29, 0.717) is 12.5 Å². The van der Waals surface area contributed by atoms with Gasteiger partial charge >= 0.3 is 0 Å². The van der Waals surface area contributed by atoms with Crippen LogP contribution in [0.15, 0.2) is 27.6 Å². The normalized spacial score (nSPS) is 24.9. The minimum Gasteiger partial charge on any atom is -0.342 e. The van der Waals surface area contributed by atoms with Gasteiger partial charge in [-0.1, -0.05) is 35.7 Å². The number of hydrogen-bond donors (Lipinski definition) is 1. The van der Waals surface area contributed by atoms with Gasteiger partial charge in [-0.05, 0) is 42.5 Å². The fourth-order valence-electron chi connectivity index (χ4n) is 3.46. The van der Waals surface area contributed by atoms with Gasteiger partial charge in [0.2, 0.25) is 5.91 Å². The molecule has 1 saturated heterocycles. The first kappa shape index (κ1) is 17.3. The highest BCUT2D eigenvalue weighted by atomic mass is 79.9. The lowest BCUT2D eigenvalue weighted by atomic mass is 9.95. The van der Waals surface area contributed by atoms with Crippen LogP contribution in [0.3, 0.4) is 0 Å². The van der Waals surface area contributed by atoms with Crippen LogP contribution >= 0.6 is 27.7 Å². The molecule has 0 spiro atoms. The largest absolute Gasteiger partial charge is 0.342 e. The van der Waals surface area contributed by atoms with Crippen molar-refractivity contribution in [1.82, 2.24) is 10.2 Å². The zero-order valence-corrected chi connectivity index (χ0v) is 16.1. The summed E-state index contributed by atoms with van der Waals surface area (Å²) >= 11 is 5.50. The molecule has 2 aliphatic rings. The van der Waals surface area contributed by atoms with Gasteiger partial charge in [0, 0.05) is 34.3 Å². The first-order chi connectivity index (χ1) is 11.1. The lowest BCUT2D eigenvalue weighted by Crippen LogP contribution is -2.41. The van der Waals surface area contributed by atoms with Crippen LogP contribution in [-0.4, -0.2) is 36.2 Å². The molecule has 23 heavy (non-hydrogen) atoms. The maximum Gasteiger partial charge on any atom is 0.236 e. The number of amides is 1. The molecule has 0 aromatic heterocycles. The van der Waals surface area contributed by atoms with Gasteiger partial charge in [-0.25, -0.2) is 0 Å². The molecule has 0 bridgehead atoms. The van der Waals surface area contributed by atoms with E-state index in [2.05, 4.69) is 46.4 Å². The van der Waals surface area contributed by atoms with Crippen LogP contribution in [0, 0.1) is 5.92 Å². The summed E-state index contributed by atoms with van der Waals surface area (Å²) in [5.74, 6) is 1.89. The molecular formula is C18H25BrN2OS. The van der Waals surface area contributed by atoms with E-state index < -0.39 is 0 Å². The summed E-state index contributed by atoms with van der Waals surface area (Å²) in [6.07, 6.45) is 4.82. The number of nitrogens with zero attached hydrogens (tertiary/aromatic N) is 1. The van der Waals surface area contributed by atoms with E-state index in [-0.39, 0.29) is 11.9 Å². The van der Waals surface area contributed by atoms with Gasteiger partial charge in [0.25, 0.3) is 0 Å². The number of carbonyl (C=O) groups excluding carboxylic acids is 1. The maximum atomic E-state index is 12.5. The molecule has 0 radical (unpaired) electrons. The first-order valence-corrected chi connectivity index (χ1v) is 10.4. The Hall–Kier alpha value is -0.520. The van der Waals surface area contributed by atoms with Crippen molar-refractivity contribution >= 4 is 33.6 Å². The lowest BCUT2D eigenvalue weighted by Gasteiger charge is -2.32. The number of hydrogen-bond acceptors (Lipinski definition) is 3. The minimum absolute atomic E-state index is 0.258. The zero-order chi connectivity index (χ0) is 16.2. The highest BCUT2D eigenvalue weighted by Gasteiger charge is 2.28. The van der Waals surface area contributed by atoms with Gasteiger partial charge in [0.05, 0.1) is 6.54 Å². The molecule has 0 aliphatic carbocycles. The monoisotopic (exact) mass is 396 g/mol. The van der Waals surface area contributed by atoms with Crippen molar-refractivity contribution in [2.45, 2.75) is 43.5 Å². The Bertz CT molecular complexity index is 558. The number of carbonyl (C=O) groups is 1. The topological polar surface area (TPSA) is 32.3 Å². The number of halogens is 1. The molecule has 2 aliphatic heterocycles. The fraction of sp³-hybridized carbons (Fsp3) is 0.611. The first-order valence-electron chi connectivity index (χ1n) is 8.58. The molecule has 1 aromatic carbocycles. The minimum atomic E-state index is 0.258. The van der Waals surface area contributed by atoms with E-state index in [0.717, 1.165) is 36.2 Å². The second kappa shape index (κ2) is 8.04. The van der Waals surface area contributed by atoms with Crippen LogP contribution in [0.1, 0.15) is 44.2 Å². The average Bonchev–Trinajstić information content (AvgIpc) is 2.83. The second-order valence-corrected chi connectivity index (χ2v) is 8.60. The van der Waals surface area contributed by atoms with E-state index in [1.165, 1.54) is 23.3 Å². The predicted octanol–water partition coefficient (Wildman–Crippen LogP) is 4.22. The van der Waals surface area contributed by atoms with E-state index in [9.17, 15) is 4.79 Å². The van der Waals surface area contributed by atoms with Gasteiger partial charge in [0.1, 0.15) is 0 Å². The number of rotatable bonds is 3. The highest BCUT2D eigenvalue weighted by molar-refractivity contribution is 9.10. The lowest BCUT2D eigenvalue weighted by molar-refractivity contribution is -0.130. The summed E-state index contributed by atoms with van der Waals surface area (Å²) in [7, 11) is 0. The molecule has 3 rings (SSSR count). The van der Waals surface area contributed by atoms with Gasteiger partial charge < -0.3 is 10.2 Å². The standard InChI is InChI=1S/C18H25BrN2OS/c1-13-12-23-16-7-6-14(19)10-15(16)18(13)20-11-17(22)21-8-4-2-3-5-9-21/h6-7,10,13,18,20H,2-5,8-9,11-12H2,1H3. The molecule has 2 heterocycles. The Morgan fingerprint density at radius 2 is 2.04 bits per heavy atom. The summed E-state index contributed by atoms with van der Waals surface area (Å²) < 4.78 is 1.11. The third kappa shape index (κ3) is 4.31. The molecule has 0 saturated carbocycles. The van der Waals surface area contributed by atoms with Crippen LogP contribution in [0.4, 0.5) is 0 Å². The SMILES string of the molecule is CC1CSc2ccc(Br)cc2C1NCC(=O)N1CCCCCC1.